The topological polar surface area (TPSA) is 94.8 Å². The zero-order valence-electron chi connectivity index (χ0n) is 18.3. The van der Waals surface area contributed by atoms with Crippen molar-refractivity contribution in [1.29, 1.82) is 0 Å². The molecule has 0 atom stereocenters. The minimum atomic E-state index is -0.336. The van der Waals surface area contributed by atoms with Gasteiger partial charge < -0.3 is 19.2 Å². The van der Waals surface area contributed by atoms with Gasteiger partial charge in [0.2, 0.25) is 11.2 Å². The number of ether oxygens (including phenoxy) is 2. The molecule has 1 N–H and O–H groups in total. The van der Waals surface area contributed by atoms with Crippen molar-refractivity contribution in [3.8, 4) is 17.2 Å². The van der Waals surface area contributed by atoms with Crippen molar-refractivity contribution in [3.05, 3.63) is 93.8 Å². The van der Waals surface area contributed by atoms with E-state index in [-0.39, 0.29) is 22.9 Å². The molecule has 0 spiro atoms. The molecule has 0 radical (unpaired) electrons. The zero-order chi connectivity index (χ0) is 23.5. The molecule has 33 heavy (non-hydrogen) atoms. The molecule has 0 fully saturated rings. The highest BCUT2D eigenvalue weighted by molar-refractivity contribution is 6.05. The quantitative estimate of drug-likeness (QED) is 0.403. The van der Waals surface area contributed by atoms with Crippen molar-refractivity contribution in [2.45, 2.75) is 13.8 Å². The number of rotatable bonds is 6. The number of Topliss-reactive ketones (excluding diaryl/α,β-unsaturated/α-hetero) is 1. The van der Waals surface area contributed by atoms with E-state index in [2.05, 4.69) is 5.32 Å². The van der Waals surface area contributed by atoms with Crippen LogP contribution in [0.3, 0.4) is 0 Å². The average Bonchev–Trinajstić information content (AvgIpc) is 2.81. The number of amides is 1. The summed E-state index contributed by atoms with van der Waals surface area (Å²) < 4.78 is 16.7. The number of hydrogen-bond donors (Lipinski definition) is 1. The second-order valence-electron chi connectivity index (χ2n) is 7.40. The molecule has 4 aromatic rings. The Labute approximate surface area is 189 Å². The monoisotopic (exact) mass is 443 g/mol. The van der Waals surface area contributed by atoms with Gasteiger partial charge in [0, 0.05) is 22.9 Å². The molecule has 1 heterocycles. The molecule has 7 nitrogen and oxygen atoms in total. The molecule has 7 heteroatoms. The van der Waals surface area contributed by atoms with E-state index in [0.29, 0.717) is 45.0 Å². The molecule has 0 aliphatic heterocycles. The first-order chi connectivity index (χ1) is 15.9. The van der Waals surface area contributed by atoms with E-state index in [1.165, 1.54) is 14.0 Å². The molecule has 0 saturated heterocycles. The van der Waals surface area contributed by atoms with E-state index in [1.54, 1.807) is 73.7 Å². The number of fused-ring (bicyclic) bond motifs is 1. The number of nitrogens with one attached hydrogen (secondary N) is 1. The molecule has 0 saturated carbocycles. The van der Waals surface area contributed by atoms with E-state index in [4.69, 9.17) is 13.9 Å². The number of carbonyl (C=O) groups excluding carboxylic acids is 2. The van der Waals surface area contributed by atoms with Gasteiger partial charge in [0.25, 0.3) is 5.91 Å². The smallest absolute Gasteiger partial charge is 0.255 e. The molecule has 166 valence electrons. The highest BCUT2D eigenvalue weighted by Gasteiger charge is 2.15. The molecule has 4 rings (SSSR count). The molecule has 3 aromatic carbocycles. The van der Waals surface area contributed by atoms with Crippen LogP contribution in [0.15, 0.2) is 75.9 Å². The maximum atomic E-state index is 12.9. The average molecular weight is 443 g/mol. The molecule has 0 unspecified atom stereocenters. The van der Waals surface area contributed by atoms with Gasteiger partial charge in [-0.3, -0.25) is 14.4 Å². The fraction of sp³-hybridized carbons (Fsp3) is 0.115. The Hall–Kier alpha value is -4.39. The number of methoxy groups -OCH3 is 1. The molecule has 0 bridgehead atoms. The third-order valence-electron chi connectivity index (χ3n) is 5.09. The van der Waals surface area contributed by atoms with Crippen LogP contribution in [-0.4, -0.2) is 18.8 Å². The second kappa shape index (κ2) is 9.00. The Bertz CT molecular complexity index is 1420. The van der Waals surface area contributed by atoms with Crippen LogP contribution in [0.4, 0.5) is 5.69 Å². The van der Waals surface area contributed by atoms with Gasteiger partial charge in [0.15, 0.2) is 5.78 Å². The van der Waals surface area contributed by atoms with E-state index in [9.17, 15) is 14.4 Å². The summed E-state index contributed by atoms with van der Waals surface area (Å²) in [6, 6.07) is 18.0. The van der Waals surface area contributed by atoms with Crippen LogP contribution >= 0.6 is 0 Å². The summed E-state index contributed by atoms with van der Waals surface area (Å²) in [6.45, 7) is 3.11. The van der Waals surface area contributed by atoms with Gasteiger partial charge in [0.1, 0.15) is 22.8 Å². The van der Waals surface area contributed by atoms with Crippen LogP contribution in [0.25, 0.3) is 11.0 Å². The van der Waals surface area contributed by atoms with Crippen molar-refractivity contribution in [2.75, 3.05) is 12.4 Å². The second-order valence-corrected chi connectivity index (χ2v) is 7.40. The lowest BCUT2D eigenvalue weighted by Crippen LogP contribution is -2.12. The van der Waals surface area contributed by atoms with Crippen LogP contribution in [0.1, 0.15) is 33.4 Å². The van der Waals surface area contributed by atoms with Crippen LogP contribution in [0.2, 0.25) is 0 Å². The van der Waals surface area contributed by atoms with Gasteiger partial charge in [-0.15, -0.1) is 0 Å². The third kappa shape index (κ3) is 4.62. The fourth-order valence-electron chi connectivity index (χ4n) is 3.32. The minimum Gasteiger partial charge on any atom is -0.497 e. The lowest BCUT2D eigenvalue weighted by Gasteiger charge is -2.10. The first-order valence-electron chi connectivity index (χ1n) is 10.2. The number of hydrogen-bond acceptors (Lipinski definition) is 6. The highest BCUT2D eigenvalue weighted by Crippen LogP contribution is 2.27. The zero-order valence-corrected chi connectivity index (χ0v) is 18.3. The lowest BCUT2D eigenvalue weighted by molar-refractivity contribution is 0.101. The van der Waals surface area contributed by atoms with Crippen LogP contribution in [-0.2, 0) is 0 Å². The molecule has 1 aromatic heterocycles. The SMILES string of the molecule is COc1ccc2c(=O)c(Oc3ccc(C(=O)Nc4cccc(C(C)=O)c4)cc3)c(C)oc2c1. The van der Waals surface area contributed by atoms with Crippen molar-refractivity contribution in [1.82, 2.24) is 0 Å². The Morgan fingerprint density at radius 1 is 0.909 bits per heavy atom. The third-order valence-corrected chi connectivity index (χ3v) is 5.09. The standard InChI is InChI=1S/C26H21NO6/c1-15(28)18-5-4-6-19(13-18)27-26(30)17-7-9-20(10-8-17)33-25-16(2)32-23-14-21(31-3)11-12-22(23)24(25)29/h4-14H,1-3H3,(H,27,30). The molecule has 0 aliphatic rings. The van der Waals surface area contributed by atoms with Gasteiger partial charge in [-0.05, 0) is 62.4 Å². The van der Waals surface area contributed by atoms with Crippen LogP contribution < -0.4 is 20.2 Å². The largest absolute Gasteiger partial charge is 0.497 e. The molecular weight excluding hydrogens is 422 g/mol. The Morgan fingerprint density at radius 3 is 2.33 bits per heavy atom. The van der Waals surface area contributed by atoms with E-state index in [1.807, 2.05) is 0 Å². The number of anilines is 1. The molecule has 1 amide bonds. The Kier molecular flexibility index (Phi) is 5.95. The fourth-order valence-corrected chi connectivity index (χ4v) is 3.32. The van der Waals surface area contributed by atoms with Crippen molar-refractivity contribution in [3.63, 3.8) is 0 Å². The first kappa shape index (κ1) is 21.8. The lowest BCUT2D eigenvalue weighted by atomic mass is 10.1. The predicted molar refractivity (Wildman–Crippen MR) is 125 cm³/mol. The van der Waals surface area contributed by atoms with Crippen molar-refractivity contribution < 1.29 is 23.5 Å². The maximum absolute atomic E-state index is 12.9. The minimum absolute atomic E-state index is 0.0749. The van der Waals surface area contributed by atoms with E-state index < -0.39 is 0 Å². The Balaban J connectivity index is 1.53. The number of aryl methyl sites for hydroxylation is 1. The van der Waals surface area contributed by atoms with Crippen molar-refractivity contribution in [2.24, 2.45) is 0 Å². The van der Waals surface area contributed by atoms with Gasteiger partial charge in [-0.2, -0.15) is 0 Å². The van der Waals surface area contributed by atoms with Crippen LogP contribution in [0, 0.1) is 6.92 Å². The van der Waals surface area contributed by atoms with Gasteiger partial charge in [-0.25, -0.2) is 0 Å². The van der Waals surface area contributed by atoms with E-state index in [0.717, 1.165) is 0 Å². The summed E-state index contributed by atoms with van der Waals surface area (Å²) >= 11 is 0. The number of ketones is 1. The predicted octanol–water partition coefficient (Wildman–Crippen LogP) is 5.36. The van der Waals surface area contributed by atoms with E-state index >= 15 is 0 Å². The van der Waals surface area contributed by atoms with Gasteiger partial charge >= 0.3 is 0 Å². The molecular formula is C26H21NO6. The highest BCUT2D eigenvalue weighted by atomic mass is 16.5. The van der Waals surface area contributed by atoms with Gasteiger partial charge in [-0.1, -0.05) is 12.1 Å². The Morgan fingerprint density at radius 2 is 1.64 bits per heavy atom. The first-order valence-corrected chi connectivity index (χ1v) is 10.2. The summed E-state index contributed by atoms with van der Waals surface area (Å²) in [5, 5.41) is 3.14. The maximum Gasteiger partial charge on any atom is 0.255 e. The van der Waals surface area contributed by atoms with Crippen molar-refractivity contribution >= 4 is 28.3 Å². The normalized spacial score (nSPS) is 10.6. The number of carbonyl (C=O) groups is 2. The molecule has 0 aliphatic carbocycles. The van der Waals surface area contributed by atoms with Crippen LogP contribution in [0.5, 0.6) is 17.2 Å². The summed E-state index contributed by atoms with van der Waals surface area (Å²) in [5.74, 6) is 0.950. The van der Waals surface area contributed by atoms with Gasteiger partial charge in [0.05, 0.1) is 12.5 Å². The number of benzene rings is 3. The summed E-state index contributed by atoms with van der Waals surface area (Å²) in [4.78, 5) is 37.0. The summed E-state index contributed by atoms with van der Waals surface area (Å²) in [7, 11) is 1.54. The summed E-state index contributed by atoms with van der Waals surface area (Å²) in [5.41, 5.74) is 1.53. The summed E-state index contributed by atoms with van der Waals surface area (Å²) in [6.07, 6.45) is 0.